The van der Waals surface area contributed by atoms with Gasteiger partial charge >= 0.3 is 6.18 Å². The standard InChI is InChI=1S/C25H26F3N5O/c1-17-15-22(33-13-3-2-4-14-33)32-24(29-17)31-21-11-9-20(10-12-21)30-23(34)16-18-5-7-19(8-6-18)25(26,27)28/h5-12,15H,2-4,13-14,16H2,1H3,(H,30,34)(H,29,31,32). The lowest BCUT2D eigenvalue weighted by Crippen LogP contribution is -2.30. The number of anilines is 4. The molecule has 2 N–H and O–H groups in total. The summed E-state index contributed by atoms with van der Waals surface area (Å²) >= 11 is 0. The van der Waals surface area contributed by atoms with Crippen molar-refractivity contribution in [2.45, 2.75) is 38.8 Å². The van der Waals surface area contributed by atoms with Crippen molar-refractivity contribution in [3.63, 3.8) is 0 Å². The van der Waals surface area contributed by atoms with E-state index in [1.54, 1.807) is 24.3 Å². The summed E-state index contributed by atoms with van der Waals surface area (Å²) in [4.78, 5) is 23.7. The van der Waals surface area contributed by atoms with E-state index in [0.717, 1.165) is 55.3 Å². The highest BCUT2D eigenvalue weighted by Gasteiger charge is 2.30. The van der Waals surface area contributed by atoms with Gasteiger partial charge in [0.15, 0.2) is 0 Å². The Morgan fingerprint density at radius 2 is 1.59 bits per heavy atom. The van der Waals surface area contributed by atoms with Gasteiger partial charge in [-0.3, -0.25) is 4.79 Å². The molecule has 0 radical (unpaired) electrons. The number of nitrogens with one attached hydrogen (secondary N) is 2. The Morgan fingerprint density at radius 3 is 2.24 bits per heavy atom. The van der Waals surface area contributed by atoms with Crippen LogP contribution in [0, 0.1) is 6.92 Å². The molecule has 1 amide bonds. The van der Waals surface area contributed by atoms with E-state index in [1.807, 2.05) is 13.0 Å². The van der Waals surface area contributed by atoms with E-state index in [4.69, 9.17) is 0 Å². The quantitative estimate of drug-likeness (QED) is 0.483. The minimum atomic E-state index is -4.39. The molecule has 0 spiro atoms. The van der Waals surface area contributed by atoms with Gasteiger partial charge in [-0.15, -0.1) is 0 Å². The van der Waals surface area contributed by atoms with Crippen molar-refractivity contribution in [3.05, 3.63) is 71.4 Å². The number of nitrogens with zero attached hydrogens (tertiary/aromatic N) is 3. The molecule has 0 atom stereocenters. The highest BCUT2D eigenvalue weighted by Crippen LogP contribution is 2.29. The van der Waals surface area contributed by atoms with Crippen LogP contribution in [0.3, 0.4) is 0 Å². The first kappa shape index (κ1) is 23.5. The maximum Gasteiger partial charge on any atom is 0.416 e. The van der Waals surface area contributed by atoms with Crippen molar-refractivity contribution < 1.29 is 18.0 Å². The summed E-state index contributed by atoms with van der Waals surface area (Å²) in [7, 11) is 0. The number of amides is 1. The molecule has 1 aliphatic rings. The Bertz CT molecular complexity index is 1120. The van der Waals surface area contributed by atoms with E-state index < -0.39 is 11.7 Å². The number of carbonyl (C=O) groups is 1. The van der Waals surface area contributed by atoms with E-state index in [9.17, 15) is 18.0 Å². The Kier molecular flexibility index (Phi) is 7.00. The van der Waals surface area contributed by atoms with Crippen molar-refractivity contribution in [3.8, 4) is 0 Å². The van der Waals surface area contributed by atoms with E-state index in [2.05, 4.69) is 25.5 Å². The third-order valence-corrected chi connectivity index (χ3v) is 5.59. The number of hydrogen-bond donors (Lipinski definition) is 2. The predicted molar refractivity (Wildman–Crippen MR) is 126 cm³/mol. The summed E-state index contributed by atoms with van der Waals surface area (Å²) in [6.45, 7) is 3.93. The third kappa shape index (κ3) is 6.24. The molecule has 1 fully saturated rings. The van der Waals surface area contributed by atoms with Crippen LogP contribution in [-0.2, 0) is 17.4 Å². The smallest absolute Gasteiger partial charge is 0.356 e. The Hall–Kier alpha value is -3.62. The van der Waals surface area contributed by atoms with Crippen LogP contribution in [-0.4, -0.2) is 29.0 Å². The molecule has 9 heteroatoms. The molecule has 3 aromatic rings. The Labute approximate surface area is 196 Å². The van der Waals surface area contributed by atoms with Gasteiger partial charge in [-0.2, -0.15) is 18.2 Å². The number of benzene rings is 2. The molecule has 0 aliphatic carbocycles. The van der Waals surface area contributed by atoms with Crippen molar-refractivity contribution >= 4 is 29.0 Å². The molecule has 6 nitrogen and oxygen atoms in total. The fourth-order valence-corrected chi connectivity index (χ4v) is 3.86. The molecule has 0 unspecified atom stereocenters. The summed E-state index contributed by atoms with van der Waals surface area (Å²) in [5.74, 6) is 1.12. The lowest BCUT2D eigenvalue weighted by Gasteiger charge is -2.28. The summed E-state index contributed by atoms with van der Waals surface area (Å²) in [5, 5.41) is 5.97. The molecule has 1 aliphatic heterocycles. The predicted octanol–water partition coefficient (Wildman–Crippen LogP) is 5.72. The SMILES string of the molecule is Cc1cc(N2CCCCC2)nc(Nc2ccc(NC(=O)Cc3ccc(C(F)(F)F)cc3)cc2)n1. The van der Waals surface area contributed by atoms with Gasteiger partial charge in [0.2, 0.25) is 11.9 Å². The van der Waals surface area contributed by atoms with E-state index in [-0.39, 0.29) is 12.3 Å². The topological polar surface area (TPSA) is 70.2 Å². The molecule has 1 aromatic heterocycles. The minimum Gasteiger partial charge on any atom is -0.356 e. The average Bonchev–Trinajstić information content (AvgIpc) is 2.80. The summed E-state index contributed by atoms with van der Waals surface area (Å²) in [5.41, 5.74) is 2.01. The first-order valence-corrected chi connectivity index (χ1v) is 11.2. The lowest BCUT2D eigenvalue weighted by atomic mass is 10.1. The Morgan fingerprint density at radius 1 is 0.941 bits per heavy atom. The minimum absolute atomic E-state index is 0.0193. The average molecular weight is 470 g/mol. The first-order chi connectivity index (χ1) is 16.3. The van der Waals surface area contributed by atoms with Gasteiger partial charge in [0.05, 0.1) is 12.0 Å². The fourth-order valence-electron chi connectivity index (χ4n) is 3.86. The van der Waals surface area contributed by atoms with Gasteiger partial charge in [-0.25, -0.2) is 4.98 Å². The molecule has 0 bridgehead atoms. The largest absolute Gasteiger partial charge is 0.416 e. The van der Waals surface area contributed by atoms with Crippen LogP contribution in [0.2, 0.25) is 0 Å². The summed E-state index contributed by atoms with van der Waals surface area (Å²) in [6.07, 6.45) is -0.835. The number of alkyl halides is 3. The molecular weight excluding hydrogens is 443 g/mol. The van der Waals surface area contributed by atoms with Gasteiger partial charge < -0.3 is 15.5 Å². The van der Waals surface area contributed by atoms with Crippen LogP contribution in [0.15, 0.2) is 54.6 Å². The van der Waals surface area contributed by atoms with Gasteiger partial charge in [-0.05, 0) is 68.1 Å². The number of piperidine rings is 1. The number of hydrogen-bond acceptors (Lipinski definition) is 5. The van der Waals surface area contributed by atoms with Crippen LogP contribution in [0.5, 0.6) is 0 Å². The number of carbonyl (C=O) groups excluding carboxylic acids is 1. The summed E-state index contributed by atoms with van der Waals surface area (Å²) < 4.78 is 38.0. The molecule has 4 rings (SSSR count). The number of halogens is 3. The third-order valence-electron chi connectivity index (χ3n) is 5.59. The van der Waals surface area contributed by atoms with Crippen LogP contribution < -0.4 is 15.5 Å². The van der Waals surface area contributed by atoms with Crippen LogP contribution in [0.4, 0.5) is 36.3 Å². The molecule has 34 heavy (non-hydrogen) atoms. The Balaban J connectivity index is 1.35. The zero-order chi connectivity index (χ0) is 24.1. The molecule has 2 heterocycles. The maximum atomic E-state index is 12.7. The molecule has 1 saturated heterocycles. The molecule has 0 saturated carbocycles. The second-order valence-electron chi connectivity index (χ2n) is 8.36. The molecule has 178 valence electrons. The summed E-state index contributed by atoms with van der Waals surface area (Å²) in [6, 6.07) is 13.7. The van der Waals surface area contributed by atoms with Crippen LogP contribution >= 0.6 is 0 Å². The van der Waals surface area contributed by atoms with Gasteiger partial charge in [0, 0.05) is 36.2 Å². The van der Waals surface area contributed by atoms with E-state index in [0.29, 0.717) is 17.2 Å². The monoisotopic (exact) mass is 469 g/mol. The van der Waals surface area contributed by atoms with E-state index >= 15 is 0 Å². The number of rotatable bonds is 6. The van der Waals surface area contributed by atoms with Crippen molar-refractivity contribution in [1.82, 2.24) is 9.97 Å². The van der Waals surface area contributed by atoms with Crippen molar-refractivity contribution in [2.75, 3.05) is 28.6 Å². The van der Waals surface area contributed by atoms with Crippen LogP contribution in [0.1, 0.15) is 36.1 Å². The maximum absolute atomic E-state index is 12.7. The van der Waals surface area contributed by atoms with Gasteiger partial charge in [-0.1, -0.05) is 12.1 Å². The highest BCUT2D eigenvalue weighted by atomic mass is 19.4. The van der Waals surface area contributed by atoms with Crippen molar-refractivity contribution in [2.24, 2.45) is 0 Å². The second kappa shape index (κ2) is 10.1. The first-order valence-electron chi connectivity index (χ1n) is 11.2. The molecule has 2 aromatic carbocycles. The molecular formula is C25H26F3N5O. The zero-order valence-electron chi connectivity index (χ0n) is 18.8. The zero-order valence-corrected chi connectivity index (χ0v) is 18.8. The lowest BCUT2D eigenvalue weighted by molar-refractivity contribution is -0.137. The van der Waals surface area contributed by atoms with Crippen LogP contribution in [0.25, 0.3) is 0 Å². The normalized spacial score (nSPS) is 14.1. The van der Waals surface area contributed by atoms with Gasteiger partial charge in [0.25, 0.3) is 0 Å². The number of aromatic nitrogens is 2. The van der Waals surface area contributed by atoms with Gasteiger partial charge in [0.1, 0.15) is 5.82 Å². The highest BCUT2D eigenvalue weighted by molar-refractivity contribution is 5.92. The fraction of sp³-hybridized carbons (Fsp3) is 0.320. The van der Waals surface area contributed by atoms with E-state index in [1.165, 1.54) is 18.6 Å². The second-order valence-corrected chi connectivity index (χ2v) is 8.36. The van der Waals surface area contributed by atoms with Crippen molar-refractivity contribution in [1.29, 1.82) is 0 Å². The number of aryl methyl sites for hydroxylation is 1.